The highest BCUT2D eigenvalue weighted by Gasteiger charge is 2.07. The number of hydrogen-bond acceptors (Lipinski definition) is 5. The van der Waals surface area contributed by atoms with Crippen LogP contribution in [0.2, 0.25) is 0 Å². The molecule has 0 bridgehead atoms. The molecule has 0 saturated carbocycles. The normalized spacial score (nSPS) is 10.9. The summed E-state index contributed by atoms with van der Waals surface area (Å²) in [6.45, 7) is 2.15. The van der Waals surface area contributed by atoms with Gasteiger partial charge in [-0.15, -0.1) is 0 Å². The summed E-state index contributed by atoms with van der Waals surface area (Å²) >= 11 is 0. The van der Waals surface area contributed by atoms with Gasteiger partial charge in [0.05, 0.1) is 12.1 Å². The zero-order valence-electron chi connectivity index (χ0n) is 11.3. The summed E-state index contributed by atoms with van der Waals surface area (Å²) < 4.78 is 6.54. The third-order valence-electron chi connectivity index (χ3n) is 3.16. The molecule has 0 atom stereocenters. The van der Waals surface area contributed by atoms with Crippen molar-refractivity contribution in [2.24, 2.45) is 7.05 Å². The monoisotopic (exact) mass is 270 g/mol. The fraction of sp³-hybridized carbons (Fsp3) is 0.214. The van der Waals surface area contributed by atoms with E-state index in [1.807, 2.05) is 24.3 Å². The van der Waals surface area contributed by atoms with E-state index in [0.29, 0.717) is 18.3 Å². The molecule has 0 saturated heterocycles. The van der Waals surface area contributed by atoms with Crippen molar-refractivity contribution >= 4 is 16.6 Å². The van der Waals surface area contributed by atoms with Gasteiger partial charge in [-0.25, -0.2) is 0 Å². The summed E-state index contributed by atoms with van der Waals surface area (Å²) in [5.41, 5.74) is 1.59. The second kappa shape index (κ2) is 4.80. The summed E-state index contributed by atoms with van der Waals surface area (Å²) in [5, 5.41) is 7.99. The summed E-state index contributed by atoms with van der Waals surface area (Å²) in [6.07, 6.45) is 0. The van der Waals surface area contributed by atoms with E-state index in [2.05, 4.69) is 15.5 Å². The van der Waals surface area contributed by atoms with Gasteiger partial charge in [0, 0.05) is 31.1 Å². The molecule has 0 spiro atoms. The predicted octanol–water partition coefficient (Wildman–Crippen LogP) is 1.84. The molecule has 3 aromatic rings. The molecule has 0 aliphatic rings. The van der Waals surface area contributed by atoms with Gasteiger partial charge in [0.1, 0.15) is 0 Å². The van der Waals surface area contributed by atoms with Crippen molar-refractivity contribution in [3.63, 3.8) is 0 Å². The Kier molecular flexibility index (Phi) is 2.98. The van der Waals surface area contributed by atoms with Crippen LogP contribution in [0.3, 0.4) is 0 Å². The first-order chi connectivity index (χ1) is 9.65. The van der Waals surface area contributed by atoms with Crippen molar-refractivity contribution in [2.75, 3.05) is 5.32 Å². The van der Waals surface area contributed by atoms with Crippen LogP contribution in [-0.4, -0.2) is 14.7 Å². The number of benzene rings is 1. The van der Waals surface area contributed by atoms with Gasteiger partial charge in [-0.3, -0.25) is 4.79 Å². The van der Waals surface area contributed by atoms with Gasteiger partial charge in [-0.1, -0.05) is 23.4 Å². The first kappa shape index (κ1) is 12.4. The maximum atomic E-state index is 11.9. The first-order valence-corrected chi connectivity index (χ1v) is 6.27. The quantitative estimate of drug-likeness (QED) is 0.786. The molecule has 0 radical (unpaired) electrons. The number of fused-ring (bicyclic) bond motifs is 1. The van der Waals surface area contributed by atoms with Crippen LogP contribution in [0.4, 0.5) is 5.69 Å². The third kappa shape index (κ3) is 2.16. The number of aryl methyl sites for hydroxylation is 2. The molecular formula is C14H14N4O2. The van der Waals surface area contributed by atoms with Crippen LogP contribution in [0.15, 0.2) is 39.6 Å². The van der Waals surface area contributed by atoms with E-state index in [-0.39, 0.29) is 5.56 Å². The lowest BCUT2D eigenvalue weighted by atomic mass is 10.2. The Hall–Kier alpha value is -2.63. The Bertz CT molecular complexity index is 819. The Morgan fingerprint density at radius 2 is 2.15 bits per heavy atom. The Morgan fingerprint density at radius 3 is 2.90 bits per heavy atom. The topological polar surface area (TPSA) is 73.0 Å². The van der Waals surface area contributed by atoms with E-state index in [1.165, 1.54) is 0 Å². The molecule has 6 heteroatoms. The van der Waals surface area contributed by atoms with E-state index < -0.39 is 0 Å². The Balaban J connectivity index is 1.99. The van der Waals surface area contributed by atoms with Crippen molar-refractivity contribution in [1.82, 2.24) is 14.7 Å². The van der Waals surface area contributed by atoms with Crippen molar-refractivity contribution in [3.05, 3.63) is 52.4 Å². The molecule has 0 aliphatic carbocycles. The lowest BCUT2D eigenvalue weighted by molar-refractivity contribution is 0.388. The second-order valence-electron chi connectivity index (χ2n) is 4.56. The average molecular weight is 270 g/mol. The maximum absolute atomic E-state index is 11.9. The number of pyridine rings is 1. The van der Waals surface area contributed by atoms with Gasteiger partial charge in [-0.05, 0) is 6.07 Å². The maximum Gasteiger partial charge on any atom is 0.252 e. The number of nitrogens with zero attached hydrogens (tertiary/aromatic N) is 3. The van der Waals surface area contributed by atoms with E-state index >= 15 is 0 Å². The van der Waals surface area contributed by atoms with Crippen LogP contribution in [0.5, 0.6) is 0 Å². The van der Waals surface area contributed by atoms with E-state index in [0.717, 1.165) is 16.6 Å². The summed E-state index contributed by atoms with van der Waals surface area (Å²) in [5.74, 6) is 1.09. The number of para-hydroxylation sites is 1. The molecule has 1 N–H and O–H groups in total. The lowest BCUT2D eigenvalue weighted by Gasteiger charge is -2.10. The van der Waals surface area contributed by atoms with Gasteiger partial charge >= 0.3 is 0 Å². The van der Waals surface area contributed by atoms with Crippen LogP contribution in [0.25, 0.3) is 10.9 Å². The van der Waals surface area contributed by atoms with Crippen molar-refractivity contribution < 1.29 is 4.52 Å². The minimum absolute atomic E-state index is 0.0597. The molecule has 2 heterocycles. The third-order valence-corrected chi connectivity index (χ3v) is 3.16. The molecule has 0 unspecified atom stereocenters. The zero-order chi connectivity index (χ0) is 14.1. The predicted molar refractivity (Wildman–Crippen MR) is 75.6 cm³/mol. The van der Waals surface area contributed by atoms with Crippen LogP contribution < -0.4 is 10.9 Å². The fourth-order valence-corrected chi connectivity index (χ4v) is 2.14. The van der Waals surface area contributed by atoms with E-state index in [4.69, 9.17) is 4.52 Å². The molecule has 1 aromatic carbocycles. The van der Waals surface area contributed by atoms with Crippen LogP contribution in [0, 0.1) is 6.92 Å². The van der Waals surface area contributed by atoms with Crippen LogP contribution in [-0.2, 0) is 13.6 Å². The number of rotatable bonds is 3. The van der Waals surface area contributed by atoms with Crippen molar-refractivity contribution in [3.8, 4) is 0 Å². The molecule has 6 nitrogen and oxygen atoms in total. The van der Waals surface area contributed by atoms with Crippen LogP contribution in [0.1, 0.15) is 11.7 Å². The van der Waals surface area contributed by atoms with Gasteiger partial charge < -0.3 is 14.4 Å². The number of anilines is 1. The molecule has 0 aliphatic heterocycles. The van der Waals surface area contributed by atoms with Crippen molar-refractivity contribution in [1.29, 1.82) is 0 Å². The van der Waals surface area contributed by atoms with Crippen molar-refractivity contribution in [2.45, 2.75) is 13.5 Å². The summed E-state index contributed by atoms with van der Waals surface area (Å²) in [6, 6.07) is 9.32. The standard InChI is InChI=1S/C14H14N4O2/c1-9-16-13(17-20-9)8-15-11-7-14(19)18(2)12-6-4-3-5-10(11)12/h3-7,15H,8H2,1-2H3. The lowest BCUT2D eigenvalue weighted by Crippen LogP contribution is -2.17. The van der Waals surface area contributed by atoms with Gasteiger partial charge in [0.25, 0.3) is 5.56 Å². The zero-order valence-corrected chi connectivity index (χ0v) is 11.3. The number of nitrogens with one attached hydrogen (secondary N) is 1. The average Bonchev–Trinajstić information content (AvgIpc) is 2.87. The first-order valence-electron chi connectivity index (χ1n) is 6.27. The van der Waals surface area contributed by atoms with Gasteiger partial charge in [0.15, 0.2) is 5.82 Å². The highest BCUT2D eigenvalue weighted by Crippen LogP contribution is 2.21. The SMILES string of the molecule is Cc1nc(CNc2cc(=O)n(C)c3ccccc23)no1. The van der Waals surface area contributed by atoms with E-state index in [9.17, 15) is 4.79 Å². The highest BCUT2D eigenvalue weighted by molar-refractivity contribution is 5.91. The van der Waals surface area contributed by atoms with E-state index in [1.54, 1.807) is 24.6 Å². The molecule has 20 heavy (non-hydrogen) atoms. The molecule has 3 rings (SSSR count). The van der Waals surface area contributed by atoms with Gasteiger partial charge in [-0.2, -0.15) is 4.98 Å². The molecular weight excluding hydrogens is 256 g/mol. The number of hydrogen-bond donors (Lipinski definition) is 1. The highest BCUT2D eigenvalue weighted by atomic mass is 16.5. The molecule has 2 aromatic heterocycles. The second-order valence-corrected chi connectivity index (χ2v) is 4.56. The molecule has 0 amide bonds. The molecule has 0 fully saturated rings. The smallest absolute Gasteiger partial charge is 0.252 e. The summed E-state index contributed by atoms with van der Waals surface area (Å²) in [4.78, 5) is 16.1. The Labute approximate surface area is 115 Å². The largest absolute Gasteiger partial charge is 0.377 e. The fourth-order valence-electron chi connectivity index (χ4n) is 2.14. The minimum Gasteiger partial charge on any atom is -0.377 e. The van der Waals surface area contributed by atoms with Gasteiger partial charge in [0.2, 0.25) is 5.89 Å². The minimum atomic E-state index is -0.0597. The molecule has 102 valence electrons. The van der Waals surface area contributed by atoms with Crippen LogP contribution >= 0.6 is 0 Å². The Morgan fingerprint density at radius 1 is 1.35 bits per heavy atom. The number of aromatic nitrogens is 3. The summed E-state index contributed by atoms with van der Waals surface area (Å²) in [7, 11) is 1.76.